The first-order chi connectivity index (χ1) is 13.2. The van der Waals surface area contributed by atoms with Crippen LogP contribution in [0.4, 0.5) is 5.69 Å². The zero-order valence-electron chi connectivity index (χ0n) is 15.3. The molecule has 27 heavy (non-hydrogen) atoms. The number of allylic oxidation sites excluding steroid dienone is 2. The second kappa shape index (κ2) is 7.45. The third-order valence-electron chi connectivity index (χ3n) is 4.75. The summed E-state index contributed by atoms with van der Waals surface area (Å²) in [6, 6.07) is 19.6. The first-order valence-corrected chi connectivity index (χ1v) is 9.92. The number of hydrogen-bond donors (Lipinski definition) is 1. The lowest BCUT2D eigenvalue weighted by Gasteiger charge is -2.36. The number of thioether (sulfide) groups is 1. The summed E-state index contributed by atoms with van der Waals surface area (Å²) in [6.07, 6.45) is 0.891. The van der Waals surface area contributed by atoms with E-state index in [1.54, 1.807) is 11.8 Å². The molecule has 0 aliphatic carbocycles. The minimum atomic E-state index is -0.177. The number of para-hydroxylation sites is 1. The van der Waals surface area contributed by atoms with E-state index in [1.165, 1.54) is 5.70 Å². The largest absolute Gasteiger partial charge is 0.322 e. The van der Waals surface area contributed by atoms with Gasteiger partial charge in [-0.25, -0.2) is 4.99 Å². The van der Waals surface area contributed by atoms with Crippen LogP contribution in [-0.2, 0) is 4.79 Å². The fourth-order valence-electron chi connectivity index (χ4n) is 3.46. The number of benzene rings is 2. The Morgan fingerprint density at radius 1 is 1.11 bits per heavy atom. The van der Waals surface area contributed by atoms with Gasteiger partial charge in [-0.15, -0.1) is 0 Å². The minimum absolute atomic E-state index is 0.109. The third kappa shape index (κ3) is 3.30. The second-order valence-electron chi connectivity index (χ2n) is 6.48. The van der Waals surface area contributed by atoms with Gasteiger partial charge in [0, 0.05) is 11.4 Å². The molecule has 2 heterocycles. The SMILES string of the molecule is CCC1=CSC2=NC(C)=C(C(=O)Nc3ccccc3)C(c3ccccc3)N12. The molecule has 4 rings (SSSR count). The number of nitrogens with zero attached hydrogens (tertiary/aromatic N) is 2. The Morgan fingerprint density at radius 2 is 1.78 bits per heavy atom. The van der Waals surface area contributed by atoms with Crippen LogP contribution in [0.15, 0.2) is 88.0 Å². The lowest BCUT2D eigenvalue weighted by atomic mass is 9.93. The molecular formula is C22H21N3OS. The quantitative estimate of drug-likeness (QED) is 0.787. The van der Waals surface area contributed by atoms with E-state index in [-0.39, 0.29) is 11.9 Å². The van der Waals surface area contributed by atoms with Crippen LogP contribution in [0, 0.1) is 0 Å². The smallest absolute Gasteiger partial charge is 0.255 e. The second-order valence-corrected chi connectivity index (χ2v) is 7.31. The predicted octanol–water partition coefficient (Wildman–Crippen LogP) is 5.31. The molecule has 0 radical (unpaired) electrons. The Balaban J connectivity index is 1.78. The monoisotopic (exact) mass is 375 g/mol. The van der Waals surface area contributed by atoms with Crippen molar-refractivity contribution in [2.75, 3.05) is 5.32 Å². The average molecular weight is 375 g/mol. The minimum Gasteiger partial charge on any atom is -0.322 e. The van der Waals surface area contributed by atoms with E-state index < -0.39 is 0 Å². The maximum atomic E-state index is 13.3. The normalized spacial score (nSPS) is 18.7. The highest BCUT2D eigenvalue weighted by atomic mass is 32.2. The first-order valence-electron chi connectivity index (χ1n) is 9.04. The van der Waals surface area contributed by atoms with Crippen LogP contribution >= 0.6 is 11.8 Å². The van der Waals surface area contributed by atoms with E-state index in [9.17, 15) is 4.79 Å². The van der Waals surface area contributed by atoms with Crippen LogP contribution in [0.1, 0.15) is 31.9 Å². The number of anilines is 1. The van der Waals surface area contributed by atoms with Crippen LogP contribution in [-0.4, -0.2) is 16.0 Å². The molecule has 0 saturated carbocycles. The number of amidine groups is 1. The highest BCUT2D eigenvalue weighted by molar-refractivity contribution is 8.16. The number of hydrogen-bond acceptors (Lipinski definition) is 4. The molecule has 5 heteroatoms. The van der Waals surface area contributed by atoms with Gasteiger partial charge in [0.2, 0.25) is 0 Å². The molecular weight excluding hydrogens is 354 g/mol. The number of carbonyl (C=O) groups excluding carboxylic acids is 1. The summed E-state index contributed by atoms with van der Waals surface area (Å²) in [5.74, 6) is -0.109. The molecule has 1 unspecified atom stereocenters. The van der Waals surface area contributed by atoms with Crippen molar-refractivity contribution in [3.8, 4) is 0 Å². The molecule has 2 aromatic rings. The fourth-order valence-corrected chi connectivity index (χ4v) is 4.50. The van der Waals surface area contributed by atoms with E-state index in [2.05, 4.69) is 34.7 Å². The molecule has 1 atom stereocenters. The van der Waals surface area contributed by atoms with Crippen LogP contribution < -0.4 is 5.32 Å². The van der Waals surface area contributed by atoms with Gasteiger partial charge in [-0.1, -0.05) is 67.2 Å². The van der Waals surface area contributed by atoms with Gasteiger partial charge in [0.15, 0.2) is 5.17 Å². The molecule has 0 fully saturated rings. The summed E-state index contributed by atoms with van der Waals surface area (Å²) in [4.78, 5) is 20.2. The topological polar surface area (TPSA) is 44.7 Å². The maximum absolute atomic E-state index is 13.3. The molecule has 1 amide bonds. The predicted molar refractivity (Wildman–Crippen MR) is 112 cm³/mol. The van der Waals surface area contributed by atoms with Crippen molar-refractivity contribution in [2.45, 2.75) is 26.3 Å². The van der Waals surface area contributed by atoms with Gasteiger partial charge in [-0.3, -0.25) is 4.79 Å². The number of rotatable bonds is 4. The molecule has 0 aromatic heterocycles. The van der Waals surface area contributed by atoms with Gasteiger partial charge in [-0.05, 0) is 36.4 Å². The number of amides is 1. The van der Waals surface area contributed by atoms with Crippen molar-refractivity contribution in [1.29, 1.82) is 0 Å². The number of fused-ring (bicyclic) bond motifs is 1. The maximum Gasteiger partial charge on any atom is 0.255 e. The van der Waals surface area contributed by atoms with Crippen LogP contribution in [0.3, 0.4) is 0 Å². The molecule has 2 aliphatic rings. The Morgan fingerprint density at radius 3 is 2.44 bits per heavy atom. The van der Waals surface area contributed by atoms with E-state index >= 15 is 0 Å². The summed E-state index contributed by atoms with van der Waals surface area (Å²) in [6.45, 7) is 4.05. The summed E-state index contributed by atoms with van der Waals surface area (Å²) in [7, 11) is 0. The van der Waals surface area contributed by atoms with E-state index in [1.807, 2.05) is 55.5 Å². The lowest BCUT2D eigenvalue weighted by molar-refractivity contribution is -0.113. The molecule has 4 nitrogen and oxygen atoms in total. The third-order valence-corrected chi connectivity index (χ3v) is 5.64. The van der Waals surface area contributed by atoms with Crippen molar-refractivity contribution < 1.29 is 4.79 Å². The molecule has 0 spiro atoms. The van der Waals surface area contributed by atoms with Gasteiger partial charge < -0.3 is 10.2 Å². The molecule has 1 N–H and O–H groups in total. The first kappa shape index (κ1) is 17.6. The summed E-state index contributed by atoms with van der Waals surface area (Å²) < 4.78 is 0. The van der Waals surface area contributed by atoms with Crippen molar-refractivity contribution in [2.24, 2.45) is 4.99 Å². The van der Waals surface area contributed by atoms with Gasteiger partial charge in [-0.2, -0.15) is 0 Å². The Labute approximate surface area is 163 Å². The highest BCUT2D eigenvalue weighted by Gasteiger charge is 2.39. The summed E-state index contributed by atoms with van der Waals surface area (Å²) >= 11 is 1.63. The van der Waals surface area contributed by atoms with Crippen molar-refractivity contribution >= 4 is 28.5 Å². The van der Waals surface area contributed by atoms with Crippen molar-refractivity contribution in [3.05, 3.63) is 88.6 Å². The van der Waals surface area contributed by atoms with E-state index in [0.29, 0.717) is 5.57 Å². The van der Waals surface area contributed by atoms with Gasteiger partial charge in [0.1, 0.15) is 0 Å². The van der Waals surface area contributed by atoms with Crippen LogP contribution in [0.5, 0.6) is 0 Å². The van der Waals surface area contributed by atoms with Crippen molar-refractivity contribution in [1.82, 2.24) is 4.90 Å². The average Bonchev–Trinajstić information content (AvgIpc) is 3.10. The molecule has 2 aliphatic heterocycles. The van der Waals surface area contributed by atoms with E-state index in [4.69, 9.17) is 4.99 Å². The van der Waals surface area contributed by atoms with Gasteiger partial charge >= 0.3 is 0 Å². The summed E-state index contributed by atoms with van der Waals surface area (Å²) in [5.41, 5.74) is 4.51. The lowest BCUT2D eigenvalue weighted by Crippen LogP contribution is -2.37. The van der Waals surface area contributed by atoms with Crippen LogP contribution in [0.2, 0.25) is 0 Å². The van der Waals surface area contributed by atoms with Gasteiger partial charge in [0.05, 0.1) is 17.3 Å². The Hall–Kier alpha value is -2.79. The standard InChI is InChI=1S/C22H21N3OS/c1-3-18-14-27-22-23-15(2)19(21(26)24-17-12-8-5-9-13-17)20(25(18)22)16-10-6-4-7-11-16/h4-14,20H,3H2,1-2H3,(H,24,26). The molecule has 0 saturated heterocycles. The zero-order chi connectivity index (χ0) is 18.8. The fraction of sp³-hybridized carbons (Fsp3) is 0.182. The Kier molecular flexibility index (Phi) is 4.86. The van der Waals surface area contributed by atoms with Gasteiger partial charge in [0.25, 0.3) is 5.91 Å². The molecule has 2 aromatic carbocycles. The van der Waals surface area contributed by atoms with E-state index in [0.717, 1.165) is 28.5 Å². The Bertz CT molecular complexity index is 948. The molecule has 136 valence electrons. The van der Waals surface area contributed by atoms with Crippen LogP contribution in [0.25, 0.3) is 0 Å². The van der Waals surface area contributed by atoms with Crippen molar-refractivity contribution in [3.63, 3.8) is 0 Å². The molecule has 0 bridgehead atoms. The number of nitrogens with one attached hydrogen (secondary N) is 1. The zero-order valence-corrected chi connectivity index (χ0v) is 16.2. The highest BCUT2D eigenvalue weighted by Crippen LogP contribution is 2.44. The number of carbonyl (C=O) groups is 1. The summed E-state index contributed by atoms with van der Waals surface area (Å²) in [5, 5.41) is 6.11. The number of aliphatic imine (C=N–C) groups is 1.